The molecule has 2 atom stereocenters. The molecule has 6 heteroatoms. The molecule has 0 saturated carbocycles. The number of nitrogens with zero attached hydrogens (tertiary/aromatic N) is 3. The molecule has 2 N–H and O–H groups in total. The second kappa shape index (κ2) is 9.72. The Labute approximate surface area is 162 Å². The van der Waals surface area contributed by atoms with Crippen LogP contribution in [-0.2, 0) is 4.79 Å². The number of piperidine rings is 1. The topological polar surface area (TPSA) is 71.4 Å². The number of benzene rings is 1. The third-order valence-corrected chi connectivity index (χ3v) is 5.72. The molecule has 1 aromatic carbocycles. The summed E-state index contributed by atoms with van der Waals surface area (Å²) in [6, 6.07) is 10.7. The van der Waals surface area contributed by atoms with Gasteiger partial charge in [-0.05, 0) is 44.1 Å². The van der Waals surface area contributed by atoms with Crippen LogP contribution in [0.3, 0.4) is 0 Å². The summed E-state index contributed by atoms with van der Waals surface area (Å²) >= 11 is 0. The molecule has 0 aliphatic carbocycles. The van der Waals surface area contributed by atoms with Crippen LogP contribution in [0.4, 0.5) is 5.69 Å². The Hall–Kier alpha value is -2.10. The van der Waals surface area contributed by atoms with Crippen molar-refractivity contribution < 1.29 is 4.79 Å². The number of anilines is 1. The summed E-state index contributed by atoms with van der Waals surface area (Å²) in [6.07, 6.45) is 3.54. The normalized spacial score (nSPS) is 22.1. The standard InChI is InChI=1S/C21H31N5O/c1-25-12-14-26(15-13-25)19-7-5-17(6-8-19)18(9-10-22)16-24-21(27)20-4-2-3-11-23-20/h5-8,18,20,23H,2-4,9,11-16H2,1H3,(H,24,27). The zero-order chi connectivity index (χ0) is 19.1. The van der Waals surface area contributed by atoms with Gasteiger partial charge in [0.05, 0.1) is 12.1 Å². The monoisotopic (exact) mass is 369 g/mol. The SMILES string of the molecule is CN1CCN(c2ccc(C(CC#N)CNC(=O)C3CCCCN3)cc2)CC1. The lowest BCUT2D eigenvalue weighted by Crippen LogP contribution is -2.47. The smallest absolute Gasteiger partial charge is 0.237 e. The first-order valence-corrected chi connectivity index (χ1v) is 10.1. The molecule has 2 fully saturated rings. The van der Waals surface area contributed by atoms with E-state index < -0.39 is 0 Å². The highest BCUT2D eigenvalue weighted by Gasteiger charge is 2.22. The Bertz CT molecular complexity index is 640. The molecule has 0 spiro atoms. The molecule has 2 unspecified atom stereocenters. The number of rotatable bonds is 6. The van der Waals surface area contributed by atoms with Gasteiger partial charge in [0.25, 0.3) is 0 Å². The third-order valence-electron chi connectivity index (χ3n) is 5.72. The predicted octanol–water partition coefficient (Wildman–Crippen LogP) is 1.69. The molecule has 2 heterocycles. The summed E-state index contributed by atoms with van der Waals surface area (Å²) in [5, 5.41) is 15.5. The van der Waals surface area contributed by atoms with Crippen LogP contribution >= 0.6 is 0 Å². The van der Waals surface area contributed by atoms with Crippen molar-refractivity contribution >= 4 is 11.6 Å². The Morgan fingerprint density at radius 2 is 2.00 bits per heavy atom. The third kappa shape index (κ3) is 5.44. The van der Waals surface area contributed by atoms with Crippen molar-refractivity contribution in [1.82, 2.24) is 15.5 Å². The van der Waals surface area contributed by atoms with E-state index in [4.69, 9.17) is 0 Å². The van der Waals surface area contributed by atoms with Crippen molar-refractivity contribution in [2.45, 2.75) is 37.6 Å². The van der Waals surface area contributed by atoms with E-state index in [1.54, 1.807) is 0 Å². The van der Waals surface area contributed by atoms with Crippen molar-refractivity contribution in [3.05, 3.63) is 29.8 Å². The highest BCUT2D eigenvalue weighted by molar-refractivity contribution is 5.81. The van der Waals surface area contributed by atoms with Gasteiger partial charge in [0.2, 0.25) is 5.91 Å². The molecule has 1 aromatic rings. The maximum absolute atomic E-state index is 12.4. The van der Waals surface area contributed by atoms with Gasteiger partial charge in [0.1, 0.15) is 0 Å². The number of nitriles is 1. The Kier molecular flexibility index (Phi) is 7.08. The summed E-state index contributed by atoms with van der Waals surface area (Å²) in [7, 11) is 2.16. The van der Waals surface area contributed by atoms with E-state index in [9.17, 15) is 10.1 Å². The zero-order valence-corrected chi connectivity index (χ0v) is 16.3. The van der Waals surface area contributed by atoms with Crippen LogP contribution in [0, 0.1) is 11.3 Å². The lowest BCUT2D eigenvalue weighted by Gasteiger charge is -2.34. The molecule has 1 amide bonds. The first-order chi connectivity index (χ1) is 13.2. The Morgan fingerprint density at radius 1 is 1.26 bits per heavy atom. The number of nitrogens with one attached hydrogen (secondary N) is 2. The van der Waals surface area contributed by atoms with Crippen LogP contribution < -0.4 is 15.5 Å². The lowest BCUT2D eigenvalue weighted by atomic mass is 9.95. The van der Waals surface area contributed by atoms with E-state index in [2.05, 4.69) is 57.8 Å². The number of likely N-dealkylation sites (N-methyl/N-ethyl adjacent to an activating group) is 1. The van der Waals surface area contributed by atoms with Crippen LogP contribution in [0.25, 0.3) is 0 Å². The van der Waals surface area contributed by atoms with Crippen molar-refractivity contribution in [3.63, 3.8) is 0 Å². The first kappa shape index (κ1) is 19.7. The van der Waals surface area contributed by atoms with Crippen LogP contribution in [0.5, 0.6) is 0 Å². The number of carbonyl (C=O) groups excluding carboxylic acids is 1. The molecular weight excluding hydrogens is 338 g/mol. The lowest BCUT2D eigenvalue weighted by molar-refractivity contribution is -0.123. The number of hydrogen-bond acceptors (Lipinski definition) is 5. The minimum absolute atomic E-state index is 0.0316. The maximum atomic E-state index is 12.4. The second-order valence-electron chi connectivity index (χ2n) is 7.69. The van der Waals surface area contributed by atoms with Gasteiger partial charge in [0.15, 0.2) is 0 Å². The molecule has 3 rings (SSSR count). The van der Waals surface area contributed by atoms with Gasteiger partial charge in [-0.25, -0.2) is 0 Å². The van der Waals surface area contributed by atoms with Crippen LogP contribution in [-0.4, -0.2) is 63.2 Å². The summed E-state index contributed by atoms with van der Waals surface area (Å²) in [6.45, 7) is 5.68. The largest absolute Gasteiger partial charge is 0.369 e. The van der Waals surface area contributed by atoms with Crippen LogP contribution in [0.15, 0.2) is 24.3 Å². The van der Waals surface area contributed by atoms with Gasteiger partial charge in [-0.1, -0.05) is 18.6 Å². The Morgan fingerprint density at radius 3 is 2.63 bits per heavy atom. The fraction of sp³-hybridized carbons (Fsp3) is 0.619. The number of piperazine rings is 1. The fourth-order valence-electron chi connectivity index (χ4n) is 3.86. The first-order valence-electron chi connectivity index (χ1n) is 10.1. The van der Waals surface area contributed by atoms with Gasteiger partial charge >= 0.3 is 0 Å². The molecule has 27 heavy (non-hydrogen) atoms. The van der Waals surface area contributed by atoms with Gasteiger partial charge in [-0.2, -0.15) is 5.26 Å². The van der Waals surface area contributed by atoms with Gasteiger partial charge < -0.3 is 20.4 Å². The molecule has 6 nitrogen and oxygen atoms in total. The predicted molar refractivity (Wildman–Crippen MR) is 108 cm³/mol. The van der Waals surface area contributed by atoms with Crippen molar-refractivity contribution in [3.8, 4) is 6.07 Å². The van der Waals surface area contributed by atoms with E-state index in [1.165, 1.54) is 5.69 Å². The van der Waals surface area contributed by atoms with Crippen molar-refractivity contribution in [1.29, 1.82) is 5.26 Å². The summed E-state index contributed by atoms with van der Waals surface area (Å²) < 4.78 is 0. The molecule has 0 aromatic heterocycles. The maximum Gasteiger partial charge on any atom is 0.237 e. The van der Waals surface area contributed by atoms with Crippen LogP contribution in [0.1, 0.15) is 37.2 Å². The second-order valence-corrected chi connectivity index (χ2v) is 7.69. The summed E-state index contributed by atoms with van der Waals surface area (Å²) in [5.74, 6) is 0.0933. The summed E-state index contributed by atoms with van der Waals surface area (Å²) in [4.78, 5) is 17.1. The fourth-order valence-corrected chi connectivity index (χ4v) is 3.86. The Balaban J connectivity index is 1.57. The molecule has 2 saturated heterocycles. The van der Waals surface area contributed by atoms with E-state index >= 15 is 0 Å². The zero-order valence-electron chi connectivity index (χ0n) is 16.3. The quantitative estimate of drug-likeness (QED) is 0.799. The molecular formula is C21H31N5O. The van der Waals surface area contributed by atoms with Crippen molar-refractivity contribution in [2.75, 3.05) is 51.2 Å². The summed E-state index contributed by atoms with van der Waals surface area (Å²) in [5.41, 5.74) is 2.35. The molecule has 2 aliphatic heterocycles. The highest BCUT2D eigenvalue weighted by Crippen LogP contribution is 2.23. The van der Waals surface area contributed by atoms with E-state index in [0.29, 0.717) is 13.0 Å². The highest BCUT2D eigenvalue weighted by atomic mass is 16.2. The number of amides is 1. The molecule has 146 valence electrons. The minimum atomic E-state index is -0.0823. The van der Waals surface area contributed by atoms with Crippen LogP contribution in [0.2, 0.25) is 0 Å². The van der Waals surface area contributed by atoms with E-state index in [1.807, 2.05) is 0 Å². The van der Waals surface area contributed by atoms with E-state index in [0.717, 1.165) is 57.5 Å². The molecule has 0 bridgehead atoms. The number of carbonyl (C=O) groups is 1. The van der Waals surface area contributed by atoms with Gasteiger partial charge in [-0.3, -0.25) is 4.79 Å². The average molecular weight is 370 g/mol. The molecule has 0 radical (unpaired) electrons. The molecule has 2 aliphatic rings. The number of hydrogen-bond donors (Lipinski definition) is 2. The van der Waals surface area contributed by atoms with Crippen molar-refractivity contribution in [2.24, 2.45) is 0 Å². The van der Waals surface area contributed by atoms with Gasteiger partial charge in [0, 0.05) is 50.7 Å². The average Bonchev–Trinajstić information content (AvgIpc) is 2.72. The van der Waals surface area contributed by atoms with E-state index in [-0.39, 0.29) is 17.9 Å². The minimum Gasteiger partial charge on any atom is -0.369 e. The van der Waals surface area contributed by atoms with Gasteiger partial charge in [-0.15, -0.1) is 0 Å².